The summed E-state index contributed by atoms with van der Waals surface area (Å²) in [6.45, 7) is 0.870. The second-order valence-electron chi connectivity index (χ2n) is 6.07. The zero-order valence-corrected chi connectivity index (χ0v) is 15.8. The number of nitro groups is 1. The molecule has 1 fully saturated rings. The first-order chi connectivity index (χ1) is 13.5. The van der Waals surface area contributed by atoms with E-state index >= 15 is 0 Å². The van der Waals surface area contributed by atoms with E-state index < -0.39 is 10.9 Å². The monoisotopic (exact) mass is 407 g/mol. The number of halogens is 1. The van der Waals surface area contributed by atoms with E-state index in [4.69, 9.17) is 30.5 Å². The van der Waals surface area contributed by atoms with Crippen molar-refractivity contribution < 1.29 is 28.7 Å². The lowest BCUT2D eigenvalue weighted by molar-refractivity contribution is -0.385. The number of nitro benzene ring substituents is 1. The molecule has 0 amide bonds. The Morgan fingerprint density at radius 1 is 1.25 bits per heavy atom. The van der Waals surface area contributed by atoms with E-state index in [1.807, 2.05) is 0 Å². The summed E-state index contributed by atoms with van der Waals surface area (Å²) in [6.07, 6.45) is 1.75. The third-order valence-electron chi connectivity index (χ3n) is 4.16. The van der Waals surface area contributed by atoms with Crippen LogP contribution in [0.2, 0.25) is 5.02 Å². The Labute approximate surface area is 166 Å². The molecule has 148 valence electrons. The van der Waals surface area contributed by atoms with Crippen LogP contribution < -0.4 is 9.47 Å². The lowest BCUT2D eigenvalue weighted by Crippen LogP contribution is -2.17. The van der Waals surface area contributed by atoms with Gasteiger partial charge in [-0.3, -0.25) is 10.1 Å². The molecule has 1 heterocycles. The number of hydrogen-bond acceptors (Lipinski definition) is 7. The number of carbonyl (C=O) groups is 1. The summed E-state index contributed by atoms with van der Waals surface area (Å²) in [7, 11) is 1.40. The van der Waals surface area contributed by atoms with Crippen molar-refractivity contribution in [2.24, 2.45) is 0 Å². The van der Waals surface area contributed by atoms with E-state index in [1.54, 1.807) is 0 Å². The van der Waals surface area contributed by atoms with E-state index in [0.29, 0.717) is 6.61 Å². The Bertz CT molecular complexity index is 881. The van der Waals surface area contributed by atoms with Gasteiger partial charge in [0.1, 0.15) is 6.61 Å². The highest BCUT2D eigenvalue weighted by atomic mass is 35.5. The zero-order valence-electron chi connectivity index (χ0n) is 15.1. The van der Waals surface area contributed by atoms with E-state index in [2.05, 4.69) is 0 Å². The van der Waals surface area contributed by atoms with Crippen molar-refractivity contribution in [1.82, 2.24) is 0 Å². The van der Waals surface area contributed by atoms with Gasteiger partial charge in [0.05, 0.1) is 23.7 Å². The summed E-state index contributed by atoms with van der Waals surface area (Å²) in [5.41, 5.74) is -0.0117. The van der Waals surface area contributed by atoms with Crippen LogP contribution in [0.1, 0.15) is 23.2 Å². The van der Waals surface area contributed by atoms with Gasteiger partial charge in [-0.1, -0.05) is 11.6 Å². The minimum Gasteiger partial charge on any atom is -0.493 e. The number of esters is 1. The van der Waals surface area contributed by atoms with Crippen molar-refractivity contribution in [1.29, 1.82) is 0 Å². The maximum atomic E-state index is 12.2. The first kappa shape index (κ1) is 19.9. The standard InChI is InChI=1S/C19H18ClNO7/c1-25-18-9-12(19(22)27-11-14-3-2-8-26-14)4-6-17(18)28-16-7-5-13(20)10-15(16)21(23)24/h4-7,9-10,14H,2-3,8,11H2,1H3. The number of hydrogen-bond donors (Lipinski definition) is 0. The number of benzene rings is 2. The second-order valence-corrected chi connectivity index (χ2v) is 6.51. The van der Waals surface area contributed by atoms with Crippen LogP contribution in [-0.2, 0) is 9.47 Å². The zero-order chi connectivity index (χ0) is 20.1. The molecule has 2 aromatic rings. The predicted octanol–water partition coefficient (Wildman–Crippen LogP) is 4.38. The molecule has 9 heteroatoms. The van der Waals surface area contributed by atoms with Crippen molar-refractivity contribution in [2.45, 2.75) is 18.9 Å². The third-order valence-corrected chi connectivity index (χ3v) is 4.40. The molecule has 1 saturated heterocycles. The first-order valence-electron chi connectivity index (χ1n) is 8.56. The molecule has 8 nitrogen and oxygen atoms in total. The number of methoxy groups -OCH3 is 1. The average molecular weight is 408 g/mol. The van der Waals surface area contributed by atoms with E-state index in [9.17, 15) is 14.9 Å². The smallest absolute Gasteiger partial charge is 0.338 e. The van der Waals surface area contributed by atoms with Crippen LogP contribution in [0.5, 0.6) is 17.2 Å². The highest BCUT2D eigenvalue weighted by Gasteiger charge is 2.21. The van der Waals surface area contributed by atoms with Gasteiger partial charge >= 0.3 is 11.7 Å². The normalized spacial score (nSPS) is 15.9. The van der Waals surface area contributed by atoms with Gasteiger partial charge in [0, 0.05) is 17.7 Å². The van der Waals surface area contributed by atoms with Crippen LogP contribution in [0.25, 0.3) is 0 Å². The van der Waals surface area contributed by atoms with Gasteiger partial charge in [-0.05, 0) is 43.2 Å². The quantitative estimate of drug-likeness (QED) is 0.381. The fourth-order valence-corrected chi connectivity index (χ4v) is 2.91. The number of nitrogens with zero attached hydrogens (tertiary/aromatic N) is 1. The number of rotatable bonds is 7. The fourth-order valence-electron chi connectivity index (χ4n) is 2.74. The Morgan fingerprint density at radius 2 is 2.04 bits per heavy atom. The molecule has 0 N–H and O–H groups in total. The largest absolute Gasteiger partial charge is 0.493 e. The van der Waals surface area contributed by atoms with Gasteiger partial charge in [0.15, 0.2) is 11.5 Å². The maximum Gasteiger partial charge on any atom is 0.338 e. The highest BCUT2D eigenvalue weighted by molar-refractivity contribution is 6.30. The Hall–Kier alpha value is -2.84. The summed E-state index contributed by atoms with van der Waals surface area (Å²) >= 11 is 5.81. The minimum atomic E-state index is -0.593. The van der Waals surface area contributed by atoms with Crippen molar-refractivity contribution in [2.75, 3.05) is 20.3 Å². The molecule has 1 aliphatic heterocycles. The molecule has 0 spiro atoms. The van der Waals surface area contributed by atoms with Gasteiger partial charge in [-0.2, -0.15) is 0 Å². The molecular formula is C19H18ClNO7. The highest BCUT2D eigenvalue weighted by Crippen LogP contribution is 2.38. The van der Waals surface area contributed by atoms with E-state index in [1.165, 1.54) is 43.5 Å². The molecular weight excluding hydrogens is 390 g/mol. The lowest BCUT2D eigenvalue weighted by Gasteiger charge is -2.13. The summed E-state index contributed by atoms with van der Waals surface area (Å²) in [4.78, 5) is 22.9. The summed E-state index contributed by atoms with van der Waals surface area (Å²) < 4.78 is 21.6. The molecule has 0 saturated carbocycles. The Kier molecular flexibility index (Phi) is 6.33. The van der Waals surface area contributed by atoms with Crippen LogP contribution in [0.15, 0.2) is 36.4 Å². The molecule has 0 radical (unpaired) electrons. The molecule has 1 unspecified atom stereocenters. The van der Waals surface area contributed by atoms with Crippen molar-refractivity contribution >= 4 is 23.3 Å². The topological polar surface area (TPSA) is 97.1 Å². The van der Waals surface area contributed by atoms with Crippen molar-refractivity contribution in [3.05, 3.63) is 57.1 Å². The number of ether oxygens (including phenoxy) is 4. The molecule has 0 bridgehead atoms. The van der Waals surface area contributed by atoms with Crippen LogP contribution in [0.3, 0.4) is 0 Å². The predicted molar refractivity (Wildman–Crippen MR) is 100 cm³/mol. The van der Waals surface area contributed by atoms with E-state index in [-0.39, 0.29) is 46.2 Å². The molecule has 0 aliphatic carbocycles. The molecule has 2 aromatic carbocycles. The fraction of sp³-hybridized carbons (Fsp3) is 0.316. The van der Waals surface area contributed by atoms with Crippen LogP contribution in [-0.4, -0.2) is 37.3 Å². The molecule has 1 atom stereocenters. The molecule has 1 aliphatic rings. The summed E-state index contributed by atoms with van der Waals surface area (Å²) in [5.74, 6) is -0.0707. The minimum absolute atomic E-state index is 0.00130. The van der Waals surface area contributed by atoms with Gasteiger partial charge in [0.25, 0.3) is 0 Å². The Morgan fingerprint density at radius 3 is 2.71 bits per heavy atom. The van der Waals surface area contributed by atoms with Gasteiger partial charge in [-0.15, -0.1) is 0 Å². The number of carbonyl (C=O) groups excluding carboxylic acids is 1. The SMILES string of the molecule is COc1cc(C(=O)OCC2CCCO2)ccc1Oc1ccc(Cl)cc1[N+](=O)[O-]. The molecule has 0 aromatic heterocycles. The average Bonchev–Trinajstić information content (AvgIpc) is 3.21. The van der Waals surface area contributed by atoms with Crippen molar-refractivity contribution in [3.63, 3.8) is 0 Å². The van der Waals surface area contributed by atoms with E-state index in [0.717, 1.165) is 12.8 Å². The van der Waals surface area contributed by atoms with Crippen LogP contribution in [0.4, 0.5) is 5.69 Å². The van der Waals surface area contributed by atoms with Crippen molar-refractivity contribution in [3.8, 4) is 17.2 Å². The maximum absolute atomic E-state index is 12.2. The lowest BCUT2D eigenvalue weighted by atomic mass is 10.2. The molecule has 28 heavy (non-hydrogen) atoms. The molecule has 3 rings (SSSR count). The van der Waals surface area contributed by atoms with Gasteiger partial charge in [0.2, 0.25) is 5.75 Å². The second kappa shape index (κ2) is 8.90. The Balaban J connectivity index is 1.76. The van der Waals surface area contributed by atoms with Gasteiger partial charge in [-0.25, -0.2) is 4.79 Å². The first-order valence-corrected chi connectivity index (χ1v) is 8.94. The summed E-state index contributed by atoms with van der Waals surface area (Å²) in [6, 6.07) is 8.50. The van der Waals surface area contributed by atoms with Crippen LogP contribution in [0, 0.1) is 10.1 Å². The summed E-state index contributed by atoms with van der Waals surface area (Å²) in [5, 5.41) is 11.4. The third kappa shape index (κ3) is 4.71. The van der Waals surface area contributed by atoms with Crippen LogP contribution >= 0.6 is 11.6 Å². The van der Waals surface area contributed by atoms with Gasteiger partial charge < -0.3 is 18.9 Å².